The number of carbonyl (C=O) groups excluding carboxylic acids is 1. The molecule has 1 aliphatic heterocycles. The van der Waals surface area contributed by atoms with Crippen LogP contribution < -0.4 is 15.4 Å². The Balaban J connectivity index is 1.73. The minimum atomic E-state index is -0.403. The molecule has 5 nitrogen and oxygen atoms in total. The maximum Gasteiger partial charge on any atom is 0.242 e. The third kappa shape index (κ3) is 3.51. The van der Waals surface area contributed by atoms with Crippen molar-refractivity contribution in [3.63, 3.8) is 0 Å². The first-order valence-electron chi connectivity index (χ1n) is 7.80. The number of amides is 1. The van der Waals surface area contributed by atoms with Gasteiger partial charge in [-0.15, -0.1) is 0 Å². The Kier molecular flexibility index (Phi) is 4.57. The molecule has 0 saturated heterocycles. The number of pyridine rings is 1. The molecule has 1 amide bonds. The highest BCUT2D eigenvalue weighted by Gasteiger charge is 2.25. The van der Waals surface area contributed by atoms with E-state index in [2.05, 4.69) is 21.7 Å². The number of benzene rings is 1. The highest BCUT2D eigenvalue weighted by Crippen LogP contribution is 2.27. The fraction of sp³-hybridized carbons (Fsp3) is 0.333. The lowest BCUT2D eigenvalue weighted by Crippen LogP contribution is -2.37. The molecule has 0 aliphatic carbocycles. The van der Waals surface area contributed by atoms with E-state index in [4.69, 9.17) is 4.74 Å². The van der Waals surface area contributed by atoms with Crippen LogP contribution >= 0.6 is 0 Å². The lowest BCUT2D eigenvalue weighted by molar-refractivity contribution is -0.123. The van der Waals surface area contributed by atoms with E-state index >= 15 is 0 Å². The fourth-order valence-electron chi connectivity index (χ4n) is 2.76. The molecule has 2 N–H and O–H groups in total. The standard InChI is InChI=1S/C18H21N3O2/c1-12-9-13(2)15(20-10-12)11-21-18(22)17-14-5-3-4-6-16(14)23-8-7-19-17/h3-6,9-10,17,19H,7-8,11H2,1-2H3,(H,21,22). The summed E-state index contributed by atoms with van der Waals surface area (Å²) in [5.74, 6) is 0.701. The summed E-state index contributed by atoms with van der Waals surface area (Å²) in [6, 6.07) is 9.32. The van der Waals surface area contributed by atoms with Crippen LogP contribution in [0.15, 0.2) is 36.5 Å². The first-order valence-corrected chi connectivity index (χ1v) is 7.80. The minimum Gasteiger partial charge on any atom is -0.492 e. The predicted molar refractivity (Wildman–Crippen MR) is 88.2 cm³/mol. The van der Waals surface area contributed by atoms with Crippen LogP contribution in [0.25, 0.3) is 0 Å². The van der Waals surface area contributed by atoms with Gasteiger partial charge in [-0.3, -0.25) is 15.1 Å². The van der Waals surface area contributed by atoms with Crippen molar-refractivity contribution in [1.29, 1.82) is 0 Å². The lowest BCUT2D eigenvalue weighted by Gasteiger charge is -2.17. The third-order valence-corrected chi connectivity index (χ3v) is 3.95. The molecule has 2 heterocycles. The molecule has 23 heavy (non-hydrogen) atoms. The number of hydrogen-bond donors (Lipinski definition) is 2. The van der Waals surface area contributed by atoms with Crippen molar-refractivity contribution in [1.82, 2.24) is 15.6 Å². The highest BCUT2D eigenvalue weighted by atomic mass is 16.5. The molecule has 1 unspecified atom stereocenters. The number of nitrogens with zero attached hydrogens (tertiary/aromatic N) is 1. The van der Waals surface area contributed by atoms with Crippen LogP contribution in [0, 0.1) is 13.8 Å². The van der Waals surface area contributed by atoms with Gasteiger partial charge in [-0.25, -0.2) is 0 Å². The van der Waals surface area contributed by atoms with Crippen molar-refractivity contribution in [3.8, 4) is 5.75 Å². The Morgan fingerprint density at radius 2 is 2.22 bits per heavy atom. The van der Waals surface area contributed by atoms with Gasteiger partial charge >= 0.3 is 0 Å². The van der Waals surface area contributed by atoms with Crippen LogP contribution in [0.5, 0.6) is 5.75 Å². The monoisotopic (exact) mass is 311 g/mol. The van der Waals surface area contributed by atoms with E-state index in [1.165, 1.54) is 0 Å². The van der Waals surface area contributed by atoms with Crippen molar-refractivity contribution in [2.75, 3.05) is 13.2 Å². The summed E-state index contributed by atoms with van der Waals surface area (Å²) < 4.78 is 5.67. The summed E-state index contributed by atoms with van der Waals surface area (Å²) in [6.07, 6.45) is 1.82. The largest absolute Gasteiger partial charge is 0.492 e. The maximum absolute atomic E-state index is 12.6. The van der Waals surface area contributed by atoms with Gasteiger partial charge in [0.15, 0.2) is 0 Å². The normalized spacial score (nSPS) is 16.9. The molecular formula is C18H21N3O2. The SMILES string of the molecule is Cc1cnc(CNC(=O)C2NCCOc3ccccc32)c(C)c1. The van der Waals surface area contributed by atoms with Gasteiger partial charge in [-0.1, -0.05) is 24.3 Å². The number of aryl methyl sites for hydroxylation is 2. The summed E-state index contributed by atoms with van der Waals surface area (Å²) in [4.78, 5) is 17.0. The van der Waals surface area contributed by atoms with E-state index in [0.717, 1.165) is 28.1 Å². The number of hydrogen-bond acceptors (Lipinski definition) is 4. The van der Waals surface area contributed by atoms with E-state index in [1.54, 1.807) is 0 Å². The maximum atomic E-state index is 12.6. The minimum absolute atomic E-state index is 0.0651. The second kappa shape index (κ2) is 6.79. The molecular weight excluding hydrogens is 290 g/mol. The van der Waals surface area contributed by atoms with Crippen LogP contribution in [0.3, 0.4) is 0 Å². The smallest absolute Gasteiger partial charge is 0.242 e. The van der Waals surface area contributed by atoms with Gasteiger partial charge in [-0.05, 0) is 31.0 Å². The van der Waals surface area contributed by atoms with Crippen molar-refractivity contribution in [2.24, 2.45) is 0 Å². The van der Waals surface area contributed by atoms with Crippen LogP contribution in [0.4, 0.5) is 0 Å². The number of fused-ring (bicyclic) bond motifs is 1. The van der Waals surface area contributed by atoms with Crippen LogP contribution in [0.2, 0.25) is 0 Å². The molecule has 5 heteroatoms. The van der Waals surface area contributed by atoms with Crippen molar-refractivity contribution in [3.05, 3.63) is 58.9 Å². The van der Waals surface area contributed by atoms with Crippen molar-refractivity contribution < 1.29 is 9.53 Å². The zero-order chi connectivity index (χ0) is 16.2. The average molecular weight is 311 g/mol. The summed E-state index contributed by atoms with van der Waals surface area (Å²) in [7, 11) is 0. The van der Waals surface area contributed by atoms with Gasteiger partial charge in [-0.2, -0.15) is 0 Å². The van der Waals surface area contributed by atoms with Crippen LogP contribution in [-0.2, 0) is 11.3 Å². The Morgan fingerprint density at radius 3 is 3.04 bits per heavy atom. The van der Waals surface area contributed by atoms with Gasteiger partial charge in [0.1, 0.15) is 18.4 Å². The second-order valence-corrected chi connectivity index (χ2v) is 5.77. The Hall–Kier alpha value is -2.40. The molecule has 1 atom stereocenters. The number of ether oxygens (including phenoxy) is 1. The molecule has 2 aromatic rings. The molecule has 1 aromatic carbocycles. The molecule has 120 valence electrons. The lowest BCUT2D eigenvalue weighted by atomic mass is 10.0. The first kappa shape index (κ1) is 15.5. The summed E-state index contributed by atoms with van der Waals surface area (Å²) in [5, 5.41) is 6.22. The molecule has 1 aromatic heterocycles. The Labute approximate surface area is 136 Å². The van der Waals surface area contributed by atoms with E-state index in [-0.39, 0.29) is 5.91 Å². The molecule has 3 rings (SSSR count). The third-order valence-electron chi connectivity index (χ3n) is 3.95. The number of nitrogens with one attached hydrogen (secondary N) is 2. The molecule has 0 fully saturated rings. The van der Waals surface area contributed by atoms with Gasteiger partial charge in [0.2, 0.25) is 5.91 Å². The average Bonchev–Trinajstić information content (AvgIpc) is 2.76. The Bertz CT molecular complexity index is 715. The molecule has 0 bridgehead atoms. The Morgan fingerprint density at radius 1 is 1.39 bits per heavy atom. The zero-order valence-electron chi connectivity index (χ0n) is 13.4. The summed E-state index contributed by atoms with van der Waals surface area (Å²) in [6.45, 7) is 5.63. The second-order valence-electron chi connectivity index (χ2n) is 5.77. The first-order chi connectivity index (χ1) is 11.1. The molecule has 1 aliphatic rings. The van der Waals surface area contributed by atoms with Gasteiger partial charge in [0.25, 0.3) is 0 Å². The van der Waals surface area contributed by atoms with Gasteiger partial charge in [0.05, 0.1) is 12.2 Å². The molecule has 0 radical (unpaired) electrons. The van der Waals surface area contributed by atoms with Gasteiger partial charge in [0, 0.05) is 18.3 Å². The fourth-order valence-corrected chi connectivity index (χ4v) is 2.76. The highest BCUT2D eigenvalue weighted by molar-refractivity contribution is 5.84. The number of rotatable bonds is 3. The molecule has 0 spiro atoms. The van der Waals surface area contributed by atoms with Crippen molar-refractivity contribution >= 4 is 5.91 Å². The van der Waals surface area contributed by atoms with Crippen molar-refractivity contribution in [2.45, 2.75) is 26.4 Å². The van der Waals surface area contributed by atoms with E-state index < -0.39 is 6.04 Å². The van der Waals surface area contributed by atoms with Crippen LogP contribution in [0.1, 0.15) is 28.4 Å². The summed E-state index contributed by atoms with van der Waals surface area (Å²) in [5.41, 5.74) is 3.97. The van der Waals surface area contributed by atoms with E-state index in [9.17, 15) is 4.79 Å². The number of aromatic nitrogens is 1. The number of para-hydroxylation sites is 1. The topological polar surface area (TPSA) is 63.2 Å². The van der Waals surface area contributed by atoms with E-state index in [0.29, 0.717) is 19.7 Å². The number of carbonyl (C=O) groups is 1. The van der Waals surface area contributed by atoms with Crippen LogP contribution in [-0.4, -0.2) is 24.0 Å². The molecule has 0 saturated carbocycles. The summed E-state index contributed by atoms with van der Waals surface area (Å²) >= 11 is 0. The zero-order valence-corrected chi connectivity index (χ0v) is 13.4. The van der Waals surface area contributed by atoms with E-state index in [1.807, 2.05) is 44.3 Å². The quantitative estimate of drug-likeness (QED) is 0.910. The predicted octanol–water partition coefficient (Wildman–Crippen LogP) is 2.04. The van der Waals surface area contributed by atoms with Gasteiger partial charge < -0.3 is 10.1 Å².